The lowest BCUT2D eigenvalue weighted by Crippen LogP contribution is -2.50. The SMILES string of the molecule is CCCNc1cc(C)ccc1C(=O)N1CCN(C)C(=O)C1. The van der Waals surface area contributed by atoms with Crippen LogP contribution in [0.25, 0.3) is 0 Å². The molecule has 1 N–H and O–H groups in total. The number of benzene rings is 1. The van der Waals surface area contributed by atoms with E-state index >= 15 is 0 Å². The lowest BCUT2D eigenvalue weighted by Gasteiger charge is -2.32. The Balaban J connectivity index is 2.20. The van der Waals surface area contributed by atoms with E-state index in [1.54, 1.807) is 16.8 Å². The van der Waals surface area contributed by atoms with Crippen molar-refractivity contribution in [1.29, 1.82) is 0 Å². The van der Waals surface area contributed by atoms with Crippen molar-refractivity contribution in [3.05, 3.63) is 29.3 Å². The van der Waals surface area contributed by atoms with E-state index in [2.05, 4.69) is 12.2 Å². The van der Waals surface area contributed by atoms with Gasteiger partial charge in [-0.3, -0.25) is 9.59 Å². The van der Waals surface area contributed by atoms with Gasteiger partial charge in [-0.25, -0.2) is 0 Å². The first-order chi connectivity index (χ1) is 10.0. The minimum atomic E-state index is -0.0740. The second-order valence-corrected chi connectivity index (χ2v) is 5.52. The van der Waals surface area contributed by atoms with Crippen LogP contribution in [0.4, 0.5) is 5.69 Å². The highest BCUT2D eigenvalue weighted by Crippen LogP contribution is 2.20. The van der Waals surface area contributed by atoms with Gasteiger partial charge in [0.2, 0.25) is 5.91 Å². The number of nitrogens with zero attached hydrogens (tertiary/aromatic N) is 2. The molecule has 0 saturated carbocycles. The van der Waals surface area contributed by atoms with E-state index in [9.17, 15) is 9.59 Å². The highest BCUT2D eigenvalue weighted by Gasteiger charge is 2.26. The smallest absolute Gasteiger partial charge is 0.256 e. The zero-order valence-electron chi connectivity index (χ0n) is 13.0. The Kier molecular flexibility index (Phi) is 4.83. The summed E-state index contributed by atoms with van der Waals surface area (Å²) in [5.74, 6) is -0.0835. The molecule has 114 valence electrons. The Morgan fingerprint density at radius 1 is 1.33 bits per heavy atom. The van der Waals surface area contributed by atoms with Crippen molar-refractivity contribution in [1.82, 2.24) is 9.80 Å². The molecule has 1 aromatic carbocycles. The number of rotatable bonds is 4. The first-order valence-corrected chi connectivity index (χ1v) is 7.40. The molecule has 1 aliphatic heterocycles. The van der Waals surface area contributed by atoms with Crippen LogP contribution in [0.1, 0.15) is 29.3 Å². The van der Waals surface area contributed by atoms with E-state index in [0.29, 0.717) is 18.7 Å². The van der Waals surface area contributed by atoms with Gasteiger partial charge in [0.15, 0.2) is 0 Å². The average molecular weight is 289 g/mol. The Labute approximate surface area is 125 Å². The van der Waals surface area contributed by atoms with Crippen molar-refractivity contribution in [2.45, 2.75) is 20.3 Å². The minimum absolute atomic E-state index is 0.00946. The zero-order chi connectivity index (χ0) is 15.4. The van der Waals surface area contributed by atoms with E-state index in [1.807, 2.05) is 25.1 Å². The van der Waals surface area contributed by atoms with E-state index in [-0.39, 0.29) is 18.4 Å². The van der Waals surface area contributed by atoms with Gasteiger partial charge in [-0.05, 0) is 31.0 Å². The molecule has 5 nitrogen and oxygen atoms in total. The van der Waals surface area contributed by atoms with E-state index in [4.69, 9.17) is 0 Å². The van der Waals surface area contributed by atoms with Crippen LogP contribution in [0, 0.1) is 6.92 Å². The van der Waals surface area contributed by atoms with E-state index < -0.39 is 0 Å². The summed E-state index contributed by atoms with van der Waals surface area (Å²) in [5, 5.41) is 3.30. The molecule has 5 heteroatoms. The third-order valence-corrected chi connectivity index (χ3v) is 3.72. The maximum Gasteiger partial charge on any atom is 0.256 e. The van der Waals surface area contributed by atoms with Gasteiger partial charge < -0.3 is 15.1 Å². The molecule has 0 radical (unpaired) electrons. The highest BCUT2D eigenvalue weighted by molar-refractivity contribution is 6.01. The number of hydrogen-bond donors (Lipinski definition) is 1. The molecule has 0 aliphatic carbocycles. The van der Waals surface area contributed by atoms with Gasteiger partial charge >= 0.3 is 0 Å². The van der Waals surface area contributed by atoms with Crippen LogP contribution in [-0.4, -0.2) is 54.8 Å². The second kappa shape index (κ2) is 6.61. The number of aryl methyl sites for hydroxylation is 1. The monoisotopic (exact) mass is 289 g/mol. The molecule has 2 amide bonds. The largest absolute Gasteiger partial charge is 0.384 e. The van der Waals surface area contributed by atoms with Crippen molar-refractivity contribution in [2.75, 3.05) is 38.5 Å². The molecule has 1 aliphatic rings. The highest BCUT2D eigenvalue weighted by atomic mass is 16.2. The fraction of sp³-hybridized carbons (Fsp3) is 0.500. The fourth-order valence-electron chi connectivity index (χ4n) is 2.35. The third kappa shape index (κ3) is 3.54. The molecular weight excluding hydrogens is 266 g/mol. The predicted molar refractivity (Wildman–Crippen MR) is 83.5 cm³/mol. The van der Waals surface area contributed by atoms with Crippen molar-refractivity contribution >= 4 is 17.5 Å². The van der Waals surface area contributed by atoms with Gasteiger partial charge in [-0.15, -0.1) is 0 Å². The molecule has 1 fully saturated rings. The molecule has 0 atom stereocenters. The lowest BCUT2D eigenvalue weighted by atomic mass is 10.1. The first kappa shape index (κ1) is 15.4. The maximum absolute atomic E-state index is 12.7. The van der Waals surface area contributed by atoms with Gasteiger partial charge in [0.25, 0.3) is 5.91 Å². The molecule has 2 rings (SSSR count). The van der Waals surface area contributed by atoms with Gasteiger partial charge in [0, 0.05) is 32.4 Å². The Hall–Kier alpha value is -2.04. The van der Waals surface area contributed by atoms with E-state index in [0.717, 1.165) is 24.2 Å². The first-order valence-electron chi connectivity index (χ1n) is 7.40. The summed E-state index contributed by atoms with van der Waals surface area (Å²) in [5.41, 5.74) is 2.61. The standard InChI is InChI=1S/C16H23N3O2/c1-4-7-17-14-10-12(2)5-6-13(14)16(21)19-9-8-18(3)15(20)11-19/h5-6,10,17H,4,7-9,11H2,1-3H3. The number of piperazine rings is 1. The lowest BCUT2D eigenvalue weighted by molar-refractivity contribution is -0.133. The van der Waals surface area contributed by atoms with Crippen LogP contribution in [0.15, 0.2) is 18.2 Å². The summed E-state index contributed by atoms with van der Waals surface area (Å²) >= 11 is 0. The summed E-state index contributed by atoms with van der Waals surface area (Å²) in [4.78, 5) is 27.7. The average Bonchev–Trinajstić information content (AvgIpc) is 2.47. The van der Waals surface area contributed by atoms with Crippen LogP contribution in [0.2, 0.25) is 0 Å². The molecule has 21 heavy (non-hydrogen) atoms. The molecule has 0 spiro atoms. The van der Waals surface area contributed by atoms with Gasteiger partial charge in [-0.2, -0.15) is 0 Å². The maximum atomic E-state index is 12.7. The van der Waals surface area contributed by atoms with Crippen LogP contribution in [0.3, 0.4) is 0 Å². The Morgan fingerprint density at radius 2 is 2.10 bits per heavy atom. The topological polar surface area (TPSA) is 52.7 Å². The summed E-state index contributed by atoms with van der Waals surface area (Å²) in [6.45, 7) is 6.26. The summed E-state index contributed by atoms with van der Waals surface area (Å²) in [6.07, 6.45) is 0.995. The molecule has 0 bridgehead atoms. The van der Waals surface area contributed by atoms with Crippen molar-refractivity contribution in [3.8, 4) is 0 Å². The second-order valence-electron chi connectivity index (χ2n) is 5.52. The van der Waals surface area contributed by atoms with Crippen LogP contribution < -0.4 is 5.32 Å². The minimum Gasteiger partial charge on any atom is -0.384 e. The normalized spacial score (nSPS) is 15.3. The Morgan fingerprint density at radius 3 is 2.76 bits per heavy atom. The Bertz CT molecular complexity index is 542. The molecule has 1 aromatic rings. The van der Waals surface area contributed by atoms with Crippen LogP contribution in [0.5, 0.6) is 0 Å². The summed E-state index contributed by atoms with van der Waals surface area (Å²) < 4.78 is 0. The van der Waals surface area contributed by atoms with Crippen molar-refractivity contribution < 1.29 is 9.59 Å². The molecule has 1 heterocycles. The number of nitrogens with one attached hydrogen (secondary N) is 1. The summed E-state index contributed by atoms with van der Waals surface area (Å²) in [6, 6.07) is 5.77. The van der Waals surface area contributed by atoms with Gasteiger partial charge in [0.1, 0.15) is 6.54 Å². The third-order valence-electron chi connectivity index (χ3n) is 3.72. The quantitative estimate of drug-likeness (QED) is 0.918. The number of amides is 2. The summed E-state index contributed by atoms with van der Waals surface area (Å²) in [7, 11) is 1.77. The number of hydrogen-bond acceptors (Lipinski definition) is 3. The number of likely N-dealkylation sites (N-methyl/N-ethyl adjacent to an activating group) is 1. The van der Waals surface area contributed by atoms with Gasteiger partial charge in [-0.1, -0.05) is 13.0 Å². The van der Waals surface area contributed by atoms with E-state index in [1.165, 1.54) is 0 Å². The predicted octanol–water partition coefficient (Wildman–Crippen LogP) is 1.73. The zero-order valence-corrected chi connectivity index (χ0v) is 13.0. The molecule has 0 unspecified atom stereocenters. The number of carbonyl (C=O) groups excluding carboxylic acids is 2. The number of anilines is 1. The molecule has 0 aromatic heterocycles. The van der Waals surface area contributed by atoms with Crippen LogP contribution >= 0.6 is 0 Å². The van der Waals surface area contributed by atoms with Crippen molar-refractivity contribution in [2.24, 2.45) is 0 Å². The van der Waals surface area contributed by atoms with Crippen LogP contribution in [-0.2, 0) is 4.79 Å². The number of carbonyl (C=O) groups is 2. The molecule has 1 saturated heterocycles. The fourth-order valence-corrected chi connectivity index (χ4v) is 2.35. The molecular formula is C16H23N3O2. The van der Waals surface area contributed by atoms with Crippen molar-refractivity contribution in [3.63, 3.8) is 0 Å². The van der Waals surface area contributed by atoms with Gasteiger partial charge in [0.05, 0.1) is 5.56 Å².